The van der Waals surface area contributed by atoms with Crippen LogP contribution in [0.4, 0.5) is 0 Å². The number of hydrogen-bond donors (Lipinski definition) is 0. The van der Waals surface area contributed by atoms with Gasteiger partial charge in [0.2, 0.25) is 0 Å². The van der Waals surface area contributed by atoms with Gasteiger partial charge in [-0.1, -0.05) is 49.4 Å². The maximum atomic E-state index is 11.5. The van der Waals surface area contributed by atoms with Crippen LogP contribution in [0.1, 0.15) is 13.3 Å². The molecule has 0 amide bonds. The van der Waals surface area contributed by atoms with Gasteiger partial charge in [0.25, 0.3) is 0 Å². The molecule has 0 heterocycles. The van der Waals surface area contributed by atoms with Crippen LogP contribution in [0.5, 0.6) is 23.0 Å². The Balaban J connectivity index is 1.73. The second-order valence-electron chi connectivity index (χ2n) is 6.79. The number of esters is 1. The molecule has 4 aromatic carbocycles. The van der Waals surface area contributed by atoms with E-state index in [1.807, 2.05) is 36.4 Å². The molecular weight excluding hydrogens is 376 g/mol. The van der Waals surface area contributed by atoms with Gasteiger partial charge in [0, 0.05) is 17.4 Å². The molecule has 150 valence electrons. The van der Waals surface area contributed by atoms with E-state index in [1.54, 1.807) is 38.3 Å². The maximum Gasteiger partial charge on any atom is 0.310 e. The Kier molecular flexibility index (Phi) is 5.66. The van der Waals surface area contributed by atoms with Gasteiger partial charge in [-0.05, 0) is 53.4 Å². The van der Waals surface area contributed by atoms with Crippen molar-refractivity contribution in [2.75, 3.05) is 7.11 Å². The van der Waals surface area contributed by atoms with Crippen LogP contribution in [0, 0.1) is 0 Å². The highest BCUT2D eigenvalue weighted by Gasteiger charge is 2.13. The Morgan fingerprint density at radius 1 is 0.767 bits per heavy atom. The molecule has 0 saturated carbocycles. The maximum absolute atomic E-state index is 11.5. The molecule has 4 aromatic rings. The minimum atomic E-state index is -0.264. The molecule has 30 heavy (non-hydrogen) atoms. The zero-order valence-corrected chi connectivity index (χ0v) is 16.9. The standard InChI is InChI=1S/C26H22O4/c1-3-25(27)29-21-13-15-22(16-14-21)30-26-23-7-5-4-6-18(23)10-17-24(26)19-8-11-20(28-2)12-9-19/h4-17H,3H2,1-2H3. The van der Waals surface area contributed by atoms with Gasteiger partial charge < -0.3 is 14.2 Å². The SMILES string of the molecule is CCC(=O)Oc1ccc(Oc2c(-c3ccc(OC)cc3)ccc3ccccc23)cc1. The van der Waals surface area contributed by atoms with Crippen LogP contribution in [0.3, 0.4) is 0 Å². The van der Waals surface area contributed by atoms with Crippen LogP contribution < -0.4 is 14.2 Å². The van der Waals surface area contributed by atoms with Crippen molar-refractivity contribution in [1.82, 2.24) is 0 Å². The number of rotatable bonds is 6. The second kappa shape index (κ2) is 8.70. The van der Waals surface area contributed by atoms with Crippen molar-refractivity contribution in [1.29, 1.82) is 0 Å². The number of methoxy groups -OCH3 is 1. The van der Waals surface area contributed by atoms with Gasteiger partial charge in [0.05, 0.1) is 7.11 Å². The average molecular weight is 398 g/mol. The zero-order valence-electron chi connectivity index (χ0n) is 16.9. The van der Waals surface area contributed by atoms with Crippen molar-refractivity contribution in [2.45, 2.75) is 13.3 Å². The van der Waals surface area contributed by atoms with Crippen LogP contribution in [-0.4, -0.2) is 13.1 Å². The van der Waals surface area contributed by atoms with E-state index in [9.17, 15) is 4.79 Å². The number of fused-ring (bicyclic) bond motifs is 1. The predicted molar refractivity (Wildman–Crippen MR) is 118 cm³/mol. The lowest BCUT2D eigenvalue weighted by Gasteiger charge is -2.15. The molecule has 0 aromatic heterocycles. The first-order chi connectivity index (χ1) is 14.7. The number of ether oxygens (including phenoxy) is 3. The first-order valence-electron chi connectivity index (χ1n) is 9.82. The summed E-state index contributed by atoms with van der Waals surface area (Å²) in [6.07, 6.45) is 0.333. The van der Waals surface area contributed by atoms with E-state index in [0.717, 1.165) is 33.4 Å². The van der Waals surface area contributed by atoms with E-state index < -0.39 is 0 Å². The summed E-state index contributed by atoms with van der Waals surface area (Å²) in [5.74, 6) is 2.48. The van der Waals surface area contributed by atoms with Gasteiger partial charge in [-0.25, -0.2) is 0 Å². The first kappa shape index (κ1) is 19.5. The molecule has 0 aliphatic rings. The molecule has 0 N–H and O–H groups in total. The van der Waals surface area contributed by atoms with E-state index in [2.05, 4.69) is 24.3 Å². The Bertz CT molecular complexity index is 1160. The van der Waals surface area contributed by atoms with Crippen molar-refractivity contribution < 1.29 is 19.0 Å². The van der Waals surface area contributed by atoms with E-state index in [4.69, 9.17) is 14.2 Å². The number of benzene rings is 4. The smallest absolute Gasteiger partial charge is 0.310 e. The van der Waals surface area contributed by atoms with Crippen molar-refractivity contribution in [3.63, 3.8) is 0 Å². The number of carbonyl (C=O) groups excluding carboxylic acids is 1. The Morgan fingerprint density at radius 2 is 1.43 bits per heavy atom. The number of hydrogen-bond acceptors (Lipinski definition) is 4. The van der Waals surface area contributed by atoms with Crippen LogP contribution in [-0.2, 0) is 4.79 Å². The summed E-state index contributed by atoms with van der Waals surface area (Å²) in [4.78, 5) is 11.5. The highest BCUT2D eigenvalue weighted by molar-refractivity contribution is 5.95. The fourth-order valence-corrected chi connectivity index (χ4v) is 3.25. The quantitative estimate of drug-likeness (QED) is 0.270. The third-order valence-electron chi connectivity index (χ3n) is 4.84. The largest absolute Gasteiger partial charge is 0.497 e. The topological polar surface area (TPSA) is 44.8 Å². The second-order valence-corrected chi connectivity index (χ2v) is 6.79. The van der Waals surface area contributed by atoms with E-state index >= 15 is 0 Å². The van der Waals surface area contributed by atoms with Gasteiger partial charge in [-0.15, -0.1) is 0 Å². The fraction of sp³-hybridized carbons (Fsp3) is 0.115. The minimum Gasteiger partial charge on any atom is -0.497 e. The molecule has 0 radical (unpaired) electrons. The van der Waals surface area contributed by atoms with Crippen LogP contribution >= 0.6 is 0 Å². The van der Waals surface area contributed by atoms with Crippen molar-refractivity contribution >= 4 is 16.7 Å². The number of carbonyl (C=O) groups is 1. The van der Waals surface area contributed by atoms with Gasteiger partial charge in [0.15, 0.2) is 0 Å². The zero-order chi connectivity index (χ0) is 20.9. The van der Waals surface area contributed by atoms with Crippen molar-refractivity contribution in [2.24, 2.45) is 0 Å². The third kappa shape index (κ3) is 4.13. The Hall–Kier alpha value is -3.79. The molecule has 4 heteroatoms. The molecule has 0 spiro atoms. The first-order valence-corrected chi connectivity index (χ1v) is 9.82. The van der Waals surface area contributed by atoms with Crippen LogP contribution in [0.25, 0.3) is 21.9 Å². The summed E-state index contributed by atoms with van der Waals surface area (Å²) in [7, 11) is 1.65. The van der Waals surface area contributed by atoms with E-state index in [-0.39, 0.29) is 5.97 Å². The summed E-state index contributed by atoms with van der Waals surface area (Å²) in [6, 6.07) is 27.3. The lowest BCUT2D eigenvalue weighted by atomic mass is 9.99. The summed E-state index contributed by atoms with van der Waals surface area (Å²) >= 11 is 0. The molecule has 0 atom stereocenters. The monoisotopic (exact) mass is 398 g/mol. The minimum absolute atomic E-state index is 0.264. The Morgan fingerprint density at radius 3 is 2.13 bits per heavy atom. The normalized spacial score (nSPS) is 10.6. The lowest BCUT2D eigenvalue weighted by molar-refractivity contribution is -0.134. The Labute approximate surface area is 175 Å². The molecular formula is C26H22O4. The van der Waals surface area contributed by atoms with Crippen LogP contribution in [0.2, 0.25) is 0 Å². The highest BCUT2D eigenvalue weighted by atomic mass is 16.5. The molecule has 0 unspecified atom stereocenters. The lowest BCUT2D eigenvalue weighted by Crippen LogP contribution is -2.05. The third-order valence-corrected chi connectivity index (χ3v) is 4.84. The van der Waals surface area contributed by atoms with Crippen LogP contribution in [0.15, 0.2) is 84.9 Å². The van der Waals surface area contributed by atoms with Gasteiger partial charge in [-0.3, -0.25) is 4.79 Å². The highest BCUT2D eigenvalue weighted by Crippen LogP contribution is 2.40. The van der Waals surface area contributed by atoms with Crippen molar-refractivity contribution in [3.05, 3.63) is 84.9 Å². The predicted octanol–water partition coefficient (Wildman–Crippen LogP) is 6.62. The molecule has 0 aliphatic carbocycles. The van der Waals surface area contributed by atoms with Gasteiger partial charge in [0.1, 0.15) is 23.0 Å². The molecule has 0 aliphatic heterocycles. The average Bonchev–Trinajstić information content (AvgIpc) is 2.80. The fourth-order valence-electron chi connectivity index (χ4n) is 3.25. The molecule has 0 fully saturated rings. The summed E-state index contributed by atoms with van der Waals surface area (Å²) in [5, 5.41) is 2.12. The van der Waals surface area contributed by atoms with Crippen molar-refractivity contribution in [3.8, 4) is 34.1 Å². The van der Waals surface area contributed by atoms with Gasteiger partial charge >= 0.3 is 5.97 Å². The molecule has 4 nitrogen and oxygen atoms in total. The van der Waals surface area contributed by atoms with E-state index in [0.29, 0.717) is 17.9 Å². The molecule has 0 saturated heterocycles. The summed E-state index contributed by atoms with van der Waals surface area (Å²) < 4.78 is 16.9. The van der Waals surface area contributed by atoms with E-state index in [1.165, 1.54) is 0 Å². The summed E-state index contributed by atoms with van der Waals surface area (Å²) in [5.41, 5.74) is 2.02. The molecule has 0 bridgehead atoms. The molecule has 4 rings (SSSR count). The summed E-state index contributed by atoms with van der Waals surface area (Å²) in [6.45, 7) is 1.76. The van der Waals surface area contributed by atoms with Gasteiger partial charge in [-0.2, -0.15) is 0 Å².